The number of H-pyrrole nitrogens is 1. The van der Waals surface area contributed by atoms with Gasteiger partial charge in [-0.3, -0.25) is 9.59 Å². The van der Waals surface area contributed by atoms with Crippen molar-refractivity contribution in [2.24, 2.45) is 0 Å². The molecule has 0 radical (unpaired) electrons. The molecule has 3 atom stereocenters. The van der Waals surface area contributed by atoms with Crippen LogP contribution >= 0.6 is 0 Å². The van der Waals surface area contributed by atoms with Gasteiger partial charge in [0.1, 0.15) is 41.0 Å². The second-order valence-electron chi connectivity index (χ2n) is 14.2. The number of aromatic nitrogens is 4. The Kier molecular flexibility index (Phi) is 12.0. The van der Waals surface area contributed by atoms with E-state index in [9.17, 15) is 19.2 Å². The van der Waals surface area contributed by atoms with Crippen LogP contribution in [-0.4, -0.2) is 73.0 Å². The highest BCUT2D eigenvalue weighted by Gasteiger charge is 2.32. The smallest absolute Gasteiger partial charge is 0.408 e. The van der Waals surface area contributed by atoms with Crippen molar-refractivity contribution in [2.75, 3.05) is 0 Å². The van der Waals surface area contributed by atoms with Gasteiger partial charge >= 0.3 is 12.1 Å². The number of nitrogens with zero attached hydrogens (tertiary/aromatic N) is 3. The molecule has 0 aliphatic carbocycles. The number of carbonyl (C=O) groups is 4. The van der Waals surface area contributed by atoms with Crippen molar-refractivity contribution in [2.45, 2.75) is 111 Å². The Balaban J connectivity index is 1.64. The normalized spacial score (nSPS) is 13.6. The van der Waals surface area contributed by atoms with Gasteiger partial charge in [0, 0.05) is 42.9 Å². The van der Waals surface area contributed by atoms with Crippen LogP contribution in [0, 0.1) is 0 Å². The average Bonchev–Trinajstić information content (AvgIpc) is 3.62. The Morgan fingerprint density at radius 2 is 1.38 bits per heavy atom. The number of rotatable bonds is 13. The van der Waals surface area contributed by atoms with Gasteiger partial charge in [0.05, 0.1) is 0 Å². The maximum absolute atomic E-state index is 14.1. The van der Waals surface area contributed by atoms with Crippen molar-refractivity contribution in [3.8, 4) is 0 Å². The Bertz CT molecular complexity index is 1780. The van der Waals surface area contributed by atoms with Crippen molar-refractivity contribution in [3.63, 3.8) is 0 Å². The SMILES string of the molecule is CCn1c(Cc2ccccc2)nnc1C[C@H](NC(=O)[C@H](Cc1c[nH]c2ccccc12)NC(=O)OC(C)(C)C)C(=O)N[C@@H](C)C(=O)OC(C)(C)C. The van der Waals surface area contributed by atoms with Gasteiger partial charge in [0.2, 0.25) is 11.8 Å². The van der Waals surface area contributed by atoms with E-state index in [1.807, 2.05) is 66.1 Å². The molecule has 2 heterocycles. The molecule has 4 aromatic rings. The Morgan fingerprint density at radius 3 is 2.04 bits per heavy atom. The summed E-state index contributed by atoms with van der Waals surface area (Å²) in [5, 5.41) is 17.9. The Morgan fingerprint density at radius 1 is 0.780 bits per heavy atom. The molecule has 3 amide bonds. The molecule has 0 unspecified atom stereocenters. The van der Waals surface area contributed by atoms with Crippen molar-refractivity contribution >= 4 is 34.8 Å². The zero-order valence-corrected chi connectivity index (χ0v) is 30.1. The number of amides is 3. The Hall–Kier alpha value is -5.20. The molecule has 268 valence electrons. The third-order valence-electron chi connectivity index (χ3n) is 7.67. The first-order valence-corrected chi connectivity index (χ1v) is 16.9. The summed E-state index contributed by atoms with van der Waals surface area (Å²) in [6, 6.07) is 14.1. The maximum Gasteiger partial charge on any atom is 0.408 e. The number of nitrogens with one attached hydrogen (secondary N) is 4. The highest BCUT2D eigenvalue weighted by atomic mass is 16.6. The average molecular weight is 688 g/mol. The zero-order valence-electron chi connectivity index (χ0n) is 30.1. The van der Waals surface area contributed by atoms with E-state index < -0.39 is 53.2 Å². The fourth-order valence-corrected chi connectivity index (χ4v) is 5.40. The quantitative estimate of drug-likeness (QED) is 0.150. The first kappa shape index (κ1) is 37.6. The second kappa shape index (κ2) is 16.0. The number of benzene rings is 2. The molecular weight excluding hydrogens is 638 g/mol. The van der Waals surface area contributed by atoms with E-state index in [4.69, 9.17) is 9.47 Å². The monoisotopic (exact) mass is 687 g/mol. The molecule has 2 aromatic heterocycles. The van der Waals surface area contributed by atoms with Crippen LogP contribution in [0.15, 0.2) is 60.8 Å². The summed E-state index contributed by atoms with van der Waals surface area (Å²) in [4.78, 5) is 56.9. The minimum Gasteiger partial charge on any atom is -0.458 e. The largest absolute Gasteiger partial charge is 0.458 e. The number of fused-ring (bicyclic) bond motifs is 1. The van der Waals surface area contributed by atoms with Gasteiger partial charge in [-0.15, -0.1) is 10.2 Å². The van der Waals surface area contributed by atoms with Crippen LogP contribution in [0.25, 0.3) is 10.9 Å². The predicted molar refractivity (Wildman–Crippen MR) is 189 cm³/mol. The standard InChI is InChI=1S/C37H49N7O6/c1-9-44-30(19-24-15-11-10-12-16-24)42-43-31(44)21-29(32(45)39-23(2)34(47)49-36(3,4)5)40-33(46)28(41-35(48)50-37(6,7)8)20-25-22-38-27-18-14-13-17-26(25)27/h10-18,22-23,28-29,38H,9,19-21H2,1-8H3,(H,39,45)(H,40,46)(H,41,48)/t23-,28-,29-/m0/s1. The first-order valence-electron chi connectivity index (χ1n) is 16.9. The minimum absolute atomic E-state index is 0.0412. The van der Waals surface area contributed by atoms with Crippen LogP contribution in [0.1, 0.15) is 78.2 Å². The lowest BCUT2D eigenvalue weighted by Gasteiger charge is -2.26. The van der Waals surface area contributed by atoms with E-state index in [-0.39, 0.29) is 12.8 Å². The fourth-order valence-electron chi connectivity index (χ4n) is 5.40. The number of para-hydroxylation sites is 1. The highest BCUT2D eigenvalue weighted by Crippen LogP contribution is 2.20. The van der Waals surface area contributed by atoms with Crippen molar-refractivity contribution in [3.05, 3.63) is 83.6 Å². The molecule has 50 heavy (non-hydrogen) atoms. The maximum atomic E-state index is 14.1. The third kappa shape index (κ3) is 10.6. The summed E-state index contributed by atoms with van der Waals surface area (Å²) in [7, 11) is 0. The highest BCUT2D eigenvalue weighted by molar-refractivity contribution is 5.94. The van der Waals surface area contributed by atoms with E-state index in [0.717, 1.165) is 22.0 Å². The summed E-state index contributed by atoms with van der Waals surface area (Å²) in [5.74, 6) is -0.711. The van der Waals surface area contributed by atoms with Gasteiger partial charge in [-0.25, -0.2) is 9.59 Å². The number of hydrogen-bond donors (Lipinski definition) is 4. The molecular formula is C37H49N7O6. The van der Waals surface area contributed by atoms with Crippen LogP contribution in [0.3, 0.4) is 0 Å². The number of carbonyl (C=O) groups excluding carboxylic acids is 4. The summed E-state index contributed by atoms with van der Waals surface area (Å²) in [6.07, 6.45) is 1.58. The lowest BCUT2D eigenvalue weighted by atomic mass is 10.0. The summed E-state index contributed by atoms with van der Waals surface area (Å²) in [5.41, 5.74) is 1.13. The number of ether oxygens (including phenoxy) is 2. The molecule has 13 nitrogen and oxygen atoms in total. The molecule has 0 bridgehead atoms. The summed E-state index contributed by atoms with van der Waals surface area (Å²) < 4.78 is 12.8. The lowest BCUT2D eigenvalue weighted by Crippen LogP contribution is -2.57. The molecule has 0 saturated carbocycles. The van der Waals surface area contributed by atoms with Gasteiger partial charge < -0.3 is 35.0 Å². The second-order valence-corrected chi connectivity index (χ2v) is 14.2. The molecule has 0 aliphatic heterocycles. The van der Waals surface area contributed by atoms with Crippen LogP contribution in [0.4, 0.5) is 4.79 Å². The molecule has 4 rings (SSSR count). The van der Waals surface area contributed by atoms with Gasteiger partial charge in [0.25, 0.3) is 0 Å². The fraction of sp³-hybridized carbons (Fsp3) is 0.459. The van der Waals surface area contributed by atoms with E-state index in [2.05, 4.69) is 31.1 Å². The summed E-state index contributed by atoms with van der Waals surface area (Å²) in [6.45, 7) is 14.4. The first-order chi connectivity index (χ1) is 23.5. The van der Waals surface area contributed by atoms with Crippen LogP contribution in [0.2, 0.25) is 0 Å². The number of aromatic amines is 1. The van der Waals surface area contributed by atoms with Crippen LogP contribution in [-0.2, 0) is 49.7 Å². The zero-order chi connectivity index (χ0) is 36.6. The van der Waals surface area contributed by atoms with Gasteiger partial charge in [-0.2, -0.15) is 0 Å². The van der Waals surface area contributed by atoms with E-state index >= 15 is 0 Å². The van der Waals surface area contributed by atoms with E-state index in [1.54, 1.807) is 47.7 Å². The Labute approximate surface area is 292 Å². The van der Waals surface area contributed by atoms with Crippen molar-refractivity contribution in [1.82, 2.24) is 35.7 Å². The topological polar surface area (TPSA) is 169 Å². The number of esters is 1. The van der Waals surface area contributed by atoms with Gasteiger partial charge in [-0.1, -0.05) is 48.5 Å². The van der Waals surface area contributed by atoms with Gasteiger partial charge in [-0.05, 0) is 72.6 Å². The molecule has 0 saturated heterocycles. The van der Waals surface area contributed by atoms with Gasteiger partial charge in [0.15, 0.2) is 0 Å². The van der Waals surface area contributed by atoms with E-state index in [0.29, 0.717) is 24.6 Å². The molecule has 0 spiro atoms. The van der Waals surface area contributed by atoms with Crippen LogP contribution < -0.4 is 16.0 Å². The number of hydrogen-bond acceptors (Lipinski definition) is 8. The molecule has 2 aromatic carbocycles. The molecule has 4 N–H and O–H groups in total. The number of alkyl carbamates (subject to hydrolysis) is 1. The van der Waals surface area contributed by atoms with Crippen molar-refractivity contribution < 1.29 is 28.7 Å². The lowest BCUT2D eigenvalue weighted by molar-refractivity contribution is -0.158. The predicted octanol–water partition coefficient (Wildman–Crippen LogP) is 4.38. The van der Waals surface area contributed by atoms with Crippen LogP contribution in [0.5, 0.6) is 0 Å². The summed E-state index contributed by atoms with van der Waals surface area (Å²) >= 11 is 0. The minimum atomic E-state index is -1.20. The van der Waals surface area contributed by atoms with E-state index in [1.165, 1.54) is 6.92 Å². The van der Waals surface area contributed by atoms with Crippen molar-refractivity contribution in [1.29, 1.82) is 0 Å². The molecule has 0 aliphatic rings. The molecule has 0 fully saturated rings. The molecule has 13 heteroatoms. The third-order valence-corrected chi connectivity index (χ3v) is 7.67.